The molecule has 2 N–H and O–H groups in total. The van der Waals surface area contributed by atoms with E-state index in [1.54, 1.807) is 0 Å². The number of amides is 1. The van der Waals surface area contributed by atoms with E-state index in [2.05, 4.69) is 51.3 Å². The normalized spacial score (nSPS) is 19.9. The van der Waals surface area contributed by atoms with Crippen LogP contribution in [-0.2, 0) is 4.79 Å². The van der Waals surface area contributed by atoms with Crippen molar-refractivity contribution in [3.05, 3.63) is 28.8 Å². The predicted octanol–water partition coefficient (Wildman–Crippen LogP) is 2.93. The molecule has 3 nitrogen and oxygen atoms in total. The van der Waals surface area contributed by atoms with Crippen LogP contribution in [0, 0.1) is 19.8 Å². The minimum atomic E-state index is -0.210. The van der Waals surface area contributed by atoms with Gasteiger partial charge in [0.25, 0.3) is 0 Å². The molecule has 1 aliphatic heterocycles. The SMILES string of the molecule is Cc1cc(C)c2c(c1)NC(=O)C2NC(C)C(C)C. The van der Waals surface area contributed by atoms with Crippen molar-refractivity contribution in [2.75, 3.05) is 5.32 Å². The van der Waals surface area contributed by atoms with Crippen LogP contribution >= 0.6 is 0 Å². The molecule has 0 fully saturated rings. The minimum absolute atomic E-state index is 0.0613. The number of nitrogens with one attached hydrogen (secondary N) is 2. The Morgan fingerprint density at radius 2 is 1.89 bits per heavy atom. The highest BCUT2D eigenvalue weighted by atomic mass is 16.2. The molecule has 2 rings (SSSR count). The molecular weight excluding hydrogens is 224 g/mol. The van der Waals surface area contributed by atoms with Gasteiger partial charge in [0.1, 0.15) is 6.04 Å². The fourth-order valence-electron chi connectivity index (χ4n) is 2.42. The number of aryl methyl sites for hydroxylation is 2. The Kier molecular flexibility index (Phi) is 3.44. The van der Waals surface area contributed by atoms with Crippen LogP contribution in [0.25, 0.3) is 0 Å². The Bertz CT molecular complexity index is 480. The molecule has 0 aliphatic carbocycles. The first-order valence-corrected chi connectivity index (χ1v) is 6.58. The van der Waals surface area contributed by atoms with Crippen LogP contribution < -0.4 is 10.6 Å². The number of fused-ring (bicyclic) bond motifs is 1. The van der Waals surface area contributed by atoms with Crippen molar-refractivity contribution in [1.82, 2.24) is 5.32 Å². The molecule has 2 atom stereocenters. The third kappa shape index (κ3) is 2.27. The topological polar surface area (TPSA) is 41.1 Å². The Morgan fingerprint density at radius 1 is 1.22 bits per heavy atom. The Morgan fingerprint density at radius 3 is 2.50 bits per heavy atom. The average molecular weight is 246 g/mol. The Labute approximate surface area is 109 Å². The van der Waals surface area contributed by atoms with Crippen LogP contribution in [0.3, 0.4) is 0 Å². The first-order chi connectivity index (χ1) is 8.40. The maximum absolute atomic E-state index is 12.1. The van der Waals surface area contributed by atoms with Gasteiger partial charge in [0, 0.05) is 17.3 Å². The molecule has 1 aliphatic rings. The van der Waals surface area contributed by atoms with E-state index in [1.807, 2.05) is 6.07 Å². The number of hydrogen-bond acceptors (Lipinski definition) is 2. The lowest BCUT2D eigenvalue weighted by Gasteiger charge is -2.22. The zero-order valence-corrected chi connectivity index (χ0v) is 11.8. The van der Waals surface area contributed by atoms with E-state index in [0.29, 0.717) is 12.0 Å². The zero-order chi connectivity index (χ0) is 13.4. The first kappa shape index (κ1) is 13.1. The number of carbonyl (C=O) groups is 1. The van der Waals surface area contributed by atoms with Crippen LogP contribution in [0.2, 0.25) is 0 Å². The zero-order valence-electron chi connectivity index (χ0n) is 11.8. The van der Waals surface area contributed by atoms with Gasteiger partial charge in [-0.25, -0.2) is 0 Å². The highest BCUT2D eigenvalue weighted by Crippen LogP contribution is 2.35. The van der Waals surface area contributed by atoms with Gasteiger partial charge in [-0.05, 0) is 43.9 Å². The molecule has 0 aromatic heterocycles. The largest absolute Gasteiger partial charge is 0.324 e. The fraction of sp³-hybridized carbons (Fsp3) is 0.533. The van der Waals surface area contributed by atoms with Crippen molar-refractivity contribution in [3.63, 3.8) is 0 Å². The molecular formula is C15H22N2O. The highest BCUT2D eigenvalue weighted by Gasteiger charge is 2.33. The second-order valence-corrected chi connectivity index (χ2v) is 5.66. The molecule has 0 saturated carbocycles. The summed E-state index contributed by atoms with van der Waals surface area (Å²) < 4.78 is 0. The summed E-state index contributed by atoms with van der Waals surface area (Å²) in [4.78, 5) is 12.1. The molecule has 0 spiro atoms. The molecule has 1 amide bonds. The molecule has 0 saturated heterocycles. The van der Waals surface area contributed by atoms with E-state index in [0.717, 1.165) is 11.3 Å². The summed E-state index contributed by atoms with van der Waals surface area (Å²) in [6, 6.07) is 4.28. The van der Waals surface area contributed by atoms with Crippen LogP contribution in [0.5, 0.6) is 0 Å². The summed E-state index contributed by atoms with van der Waals surface area (Å²) in [7, 11) is 0. The van der Waals surface area contributed by atoms with E-state index >= 15 is 0 Å². The Balaban J connectivity index is 2.33. The van der Waals surface area contributed by atoms with Crippen molar-refractivity contribution in [2.45, 2.75) is 46.7 Å². The van der Waals surface area contributed by atoms with E-state index < -0.39 is 0 Å². The molecule has 1 heterocycles. The lowest BCUT2D eigenvalue weighted by Crippen LogP contribution is -2.37. The number of benzene rings is 1. The van der Waals surface area contributed by atoms with E-state index in [1.165, 1.54) is 11.1 Å². The van der Waals surface area contributed by atoms with Gasteiger partial charge in [-0.15, -0.1) is 0 Å². The molecule has 2 unspecified atom stereocenters. The second kappa shape index (κ2) is 4.73. The average Bonchev–Trinajstić information content (AvgIpc) is 2.54. The number of carbonyl (C=O) groups excluding carboxylic acids is 1. The molecule has 0 radical (unpaired) electrons. The molecule has 18 heavy (non-hydrogen) atoms. The van der Waals surface area contributed by atoms with Gasteiger partial charge in [0.05, 0.1) is 0 Å². The molecule has 98 valence electrons. The molecule has 0 bridgehead atoms. The standard InChI is InChI=1S/C15H22N2O/c1-8(2)11(5)16-14-13-10(4)6-9(3)7-12(13)17-15(14)18/h6-8,11,14,16H,1-5H3,(H,17,18). The van der Waals surface area contributed by atoms with Crippen LogP contribution in [0.4, 0.5) is 5.69 Å². The summed E-state index contributed by atoms with van der Waals surface area (Å²) in [5.74, 6) is 0.568. The summed E-state index contributed by atoms with van der Waals surface area (Å²) in [5, 5.41) is 6.40. The van der Waals surface area contributed by atoms with Gasteiger partial charge in [0.2, 0.25) is 5.91 Å². The van der Waals surface area contributed by atoms with E-state index in [-0.39, 0.29) is 11.9 Å². The van der Waals surface area contributed by atoms with Gasteiger partial charge in [-0.2, -0.15) is 0 Å². The monoisotopic (exact) mass is 246 g/mol. The van der Waals surface area contributed by atoms with Gasteiger partial charge >= 0.3 is 0 Å². The smallest absolute Gasteiger partial charge is 0.246 e. The quantitative estimate of drug-likeness (QED) is 0.861. The number of rotatable bonds is 3. The van der Waals surface area contributed by atoms with Crippen LogP contribution in [-0.4, -0.2) is 11.9 Å². The molecule has 1 aromatic rings. The summed E-state index contributed by atoms with van der Waals surface area (Å²) in [6.07, 6.45) is 0. The highest BCUT2D eigenvalue weighted by molar-refractivity contribution is 6.03. The summed E-state index contributed by atoms with van der Waals surface area (Å²) in [5.41, 5.74) is 4.44. The van der Waals surface area contributed by atoms with Gasteiger partial charge in [-0.3, -0.25) is 10.1 Å². The second-order valence-electron chi connectivity index (χ2n) is 5.66. The lowest BCUT2D eigenvalue weighted by molar-refractivity contribution is -0.117. The third-order valence-electron chi connectivity index (χ3n) is 3.77. The maximum Gasteiger partial charge on any atom is 0.246 e. The molecule has 3 heteroatoms. The van der Waals surface area contributed by atoms with Crippen molar-refractivity contribution in [2.24, 2.45) is 5.92 Å². The van der Waals surface area contributed by atoms with Crippen LogP contribution in [0.1, 0.15) is 43.5 Å². The van der Waals surface area contributed by atoms with Gasteiger partial charge in [0.15, 0.2) is 0 Å². The minimum Gasteiger partial charge on any atom is -0.324 e. The van der Waals surface area contributed by atoms with Crippen molar-refractivity contribution < 1.29 is 4.79 Å². The fourth-order valence-corrected chi connectivity index (χ4v) is 2.42. The number of hydrogen-bond donors (Lipinski definition) is 2. The first-order valence-electron chi connectivity index (χ1n) is 6.58. The maximum atomic E-state index is 12.1. The van der Waals surface area contributed by atoms with Gasteiger partial charge in [-0.1, -0.05) is 19.9 Å². The van der Waals surface area contributed by atoms with E-state index in [4.69, 9.17) is 0 Å². The van der Waals surface area contributed by atoms with Crippen molar-refractivity contribution in [3.8, 4) is 0 Å². The Hall–Kier alpha value is -1.35. The van der Waals surface area contributed by atoms with E-state index in [9.17, 15) is 4.79 Å². The third-order valence-corrected chi connectivity index (χ3v) is 3.77. The summed E-state index contributed by atoms with van der Waals surface area (Å²) >= 11 is 0. The lowest BCUT2D eigenvalue weighted by atomic mass is 9.97. The van der Waals surface area contributed by atoms with Gasteiger partial charge < -0.3 is 5.32 Å². The van der Waals surface area contributed by atoms with Crippen LogP contribution in [0.15, 0.2) is 12.1 Å². The van der Waals surface area contributed by atoms with Crippen molar-refractivity contribution >= 4 is 11.6 Å². The summed E-state index contributed by atoms with van der Waals surface area (Å²) in [6.45, 7) is 10.6. The molecule has 1 aromatic carbocycles. The van der Waals surface area contributed by atoms with Crippen molar-refractivity contribution in [1.29, 1.82) is 0 Å². The predicted molar refractivity (Wildman–Crippen MR) is 74.7 cm³/mol. The number of anilines is 1.